The van der Waals surface area contributed by atoms with Crippen molar-refractivity contribution in [1.82, 2.24) is 5.32 Å². The molecule has 0 saturated heterocycles. The third-order valence-corrected chi connectivity index (χ3v) is 2.69. The molecule has 0 saturated carbocycles. The smallest absolute Gasteiger partial charge is 0.247 e. The van der Waals surface area contributed by atoms with Gasteiger partial charge in [0, 0.05) is 6.92 Å². The van der Waals surface area contributed by atoms with Crippen LogP contribution in [0.1, 0.15) is 26.3 Å². The Morgan fingerprint density at radius 2 is 1.89 bits per heavy atom. The van der Waals surface area contributed by atoms with Crippen LogP contribution in [0.5, 0.6) is 0 Å². The fourth-order valence-corrected chi connectivity index (χ4v) is 1.69. The van der Waals surface area contributed by atoms with Gasteiger partial charge in [0.15, 0.2) is 0 Å². The first kappa shape index (κ1) is 15.1. The SMILES string of the molecule is CC(=O)N[C@@H](C(=O)Nc1ccc(C)cc1F)C(C)C. The molecule has 0 bridgehead atoms. The zero-order valence-corrected chi connectivity index (χ0v) is 11.6. The average molecular weight is 266 g/mol. The number of amides is 2. The lowest BCUT2D eigenvalue weighted by Crippen LogP contribution is -2.46. The Morgan fingerprint density at radius 1 is 1.26 bits per heavy atom. The quantitative estimate of drug-likeness (QED) is 0.878. The minimum absolute atomic E-state index is 0.0857. The van der Waals surface area contributed by atoms with Gasteiger partial charge in [0.05, 0.1) is 5.69 Å². The highest BCUT2D eigenvalue weighted by atomic mass is 19.1. The van der Waals surface area contributed by atoms with Gasteiger partial charge in [0.1, 0.15) is 11.9 Å². The molecule has 2 amide bonds. The molecule has 1 atom stereocenters. The highest BCUT2D eigenvalue weighted by molar-refractivity contribution is 5.97. The van der Waals surface area contributed by atoms with Crippen LogP contribution in [0.2, 0.25) is 0 Å². The number of halogens is 1. The van der Waals surface area contributed by atoms with E-state index in [9.17, 15) is 14.0 Å². The van der Waals surface area contributed by atoms with E-state index in [0.29, 0.717) is 0 Å². The maximum absolute atomic E-state index is 13.6. The summed E-state index contributed by atoms with van der Waals surface area (Å²) in [6, 6.07) is 3.88. The number of nitrogens with one attached hydrogen (secondary N) is 2. The molecule has 0 radical (unpaired) electrons. The summed E-state index contributed by atoms with van der Waals surface area (Å²) in [7, 11) is 0. The van der Waals surface area contributed by atoms with Crippen molar-refractivity contribution in [1.29, 1.82) is 0 Å². The third kappa shape index (κ3) is 4.35. The van der Waals surface area contributed by atoms with Crippen LogP contribution in [0, 0.1) is 18.7 Å². The van der Waals surface area contributed by atoms with Gasteiger partial charge in [0.2, 0.25) is 11.8 Å². The number of rotatable bonds is 4. The van der Waals surface area contributed by atoms with E-state index < -0.39 is 17.8 Å². The van der Waals surface area contributed by atoms with Crippen LogP contribution in [0.3, 0.4) is 0 Å². The summed E-state index contributed by atoms with van der Waals surface area (Å²) in [5, 5.41) is 5.05. The molecule has 0 aliphatic carbocycles. The van der Waals surface area contributed by atoms with E-state index in [-0.39, 0.29) is 17.5 Å². The van der Waals surface area contributed by atoms with E-state index in [1.807, 2.05) is 13.8 Å². The maximum Gasteiger partial charge on any atom is 0.247 e. The Balaban J connectivity index is 2.84. The maximum atomic E-state index is 13.6. The highest BCUT2D eigenvalue weighted by Gasteiger charge is 2.23. The number of aryl methyl sites for hydroxylation is 1. The van der Waals surface area contributed by atoms with Crippen molar-refractivity contribution in [2.45, 2.75) is 33.7 Å². The van der Waals surface area contributed by atoms with Crippen LogP contribution in [-0.4, -0.2) is 17.9 Å². The molecular weight excluding hydrogens is 247 g/mol. The summed E-state index contributed by atoms with van der Waals surface area (Å²) >= 11 is 0. The molecule has 1 aromatic rings. The fourth-order valence-electron chi connectivity index (χ4n) is 1.69. The van der Waals surface area contributed by atoms with E-state index in [2.05, 4.69) is 10.6 Å². The standard InChI is InChI=1S/C14H19FN2O2/c1-8(2)13(16-10(4)18)14(19)17-12-6-5-9(3)7-11(12)15/h5-8,13H,1-4H3,(H,16,18)(H,17,19)/t13-/m1/s1. The second-order valence-electron chi connectivity index (χ2n) is 4.89. The minimum atomic E-state index is -0.682. The molecule has 104 valence electrons. The van der Waals surface area contributed by atoms with Crippen LogP contribution in [0.25, 0.3) is 0 Å². The summed E-state index contributed by atoms with van der Waals surface area (Å²) in [6.45, 7) is 6.73. The van der Waals surface area contributed by atoms with Gasteiger partial charge in [-0.2, -0.15) is 0 Å². The largest absolute Gasteiger partial charge is 0.344 e. The zero-order valence-electron chi connectivity index (χ0n) is 11.6. The molecule has 1 aromatic carbocycles. The number of hydrogen-bond donors (Lipinski definition) is 2. The Bertz CT molecular complexity index is 486. The van der Waals surface area contributed by atoms with E-state index in [0.717, 1.165) is 5.56 Å². The number of carbonyl (C=O) groups is 2. The average Bonchev–Trinajstić information content (AvgIpc) is 2.29. The van der Waals surface area contributed by atoms with Gasteiger partial charge in [-0.05, 0) is 30.5 Å². The van der Waals surface area contributed by atoms with Crippen LogP contribution >= 0.6 is 0 Å². The number of benzene rings is 1. The van der Waals surface area contributed by atoms with Crippen LogP contribution in [0.15, 0.2) is 18.2 Å². The monoisotopic (exact) mass is 266 g/mol. The third-order valence-electron chi connectivity index (χ3n) is 2.69. The molecule has 19 heavy (non-hydrogen) atoms. The van der Waals surface area contributed by atoms with Crippen molar-refractivity contribution in [3.05, 3.63) is 29.6 Å². The van der Waals surface area contributed by atoms with Gasteiger partial charge in [-0.25, -0.2) is 4.39 Å². The zero-order chi connectivity index (χ0) is 14.6. The second-order valence-corrected chi connectivity index (χ2v) is 4.89. The highest BCUT2D eigenvalue weighted by Crippen LogP contribution is 2.16. The molecule has 0 unspecified atom stereocenters. The Hall–Kier alpha value is -1.91. The van der Waals surface area contributed by atoms with Crippen molar-refractivity contribution >= 4 is 17.5 Å². The summed E-state index contributed by atoms with van der Waals surface area (Å²) in [4.78, 5) is 23.1. The summed E-state index contributed by atoms with van der Waals surface area (Å²) in [5.41, 5.74) is 0.893. The number of carbonyl (C=O) groups excluding carboxylic acids is 2. The van der Waals surface area contributed by atoms with E-state index >= 15 is 0 Å². The predicted molar refractivity (Wildman–Crippen MR) is 72.2 cm³/mol. The van der Waals surface area contributed by atoms with Gasteiger partial charge < -0.3 is 10.6 Å². The fraction of sp³-hybridized carbons (Fsp3) is 0.429. The Labute approximate surface area is 112 Å². The van der Waals surface area contributed by atoms with Crippen molar-refractivity contribution < 1.29 is 14.0 Å². The molecule has 4 nitrogen and oxygen atoms in total. The molecule has 0 aliphatic rings. The van der Waals surface area contributed by atoms with Gasteiger partial charge in [-0.1, -0.05) is 19.9 Å². The Morgan fingerprint density at radius 3 is 2.37 bits per heavy atom. The topological polar surface area (TPSA) is 58.2 Å². The lowest BCUT2D eigenvalue weighted by Gasteiger charge is -2.21. The molecule has 0 spiro atoms. The molecule has 5 heteroatoms. The molecule has 0 fully saturated rings. The van der Waals surface area contributed by atoms with Crippen LogP contribution in [-0.2, 0) is 9.59 Å². The summed E-state index contributed by atoms with van der Waals surface area (Å²) in [5.74, 6) is -1.29. The molecule has 0 heterocycles. The van der Waals surface area contributed by atoms with Crippen molar-refractivity contribution in [3.8, 4) is 0 Å². The van der Waals surface area contributed by atoms with Crippen LogP contribution < -0.4 is 10.6 Å². The molecule has 1 rings (SSSR count). The first-order chi connectivity index (χ1) is 8.81. The molecule has 0 aromatic heterocycles. The molecule has 0 aliphatic heterocycles. The lowest BCUT2D eigenvalue weighted by molar-refractivity contribution is -0.126. The van der Waals surface area contributed by atoms with Crippen molar-refractivity contribution in [3.63, 3.8) is 0 Å². The summed E-state index contributed by atoms with van der Waals surface area (Å²) in [6.07, 6.45) is 0. The van der Waals surface area contributed by atoms with E-state index in [1.165, 1.54) is 19.1 Å². The van der Waals surface area contributed by atoms with Crippen molar-refractivity contribution in [2.24, 2.45) is 5.92 Å². The minimum Gasteiger partial charge on any atom is -0.344 e. The van der Waals surface area contributed by atoms with E-state index in [4.69, 9.17) is 0 Å². The normalized spacial score (nSPS) is 12.1. The Kier molecular flexibility index (Phi) is 5.03. The number of hydrogen-bond acceptors (Lipinski definition) is 2. The summed E-state index contributed by atoms with van der Waals surface area (Å²) < 4.78 is 13.6. The van der Waals surface area contributed by atoms with Crippen LogP contribution in [0.4, 0.5) is 10.1 Å². The molecular formula is C14H19FN2O2. The van der Waals surface area contributed by atoms with Gasteiger partial charge in [0.25, 0.3) is 0 Å². The van der Waals surface area contributed by atoms with E-state index in [1.54, 1.807) is 13.0 Å². The van der Waals surface area contributed by atoms with Gasteiger partial charge in [-0.15, -0.1) is 0 Å². The van der Waals surface area contributed by atoms with Gasteiger partial charge in [-0.3, -0.25) is 9.59 Å². The molecule has 2 N–H and O–H groups in total. The van der Waals surface area contributed by atoms with Gasteiger partial charge >= 0.3 is 0 Å². The second kappa shape index (κ2) is 6.31. The number of anilines is 1. The lowest BCUT2D eigenvalue weighted by atomic mass is 10.0. The van der Waals surface area contributed by atoms with Crippen molar-refractivity contribution in [2.75, 3.05) is 5.32 Å². The first-order valence-electron chi connectivity index (χ1n) is 6.15. The predicted octanol–water partition coefficient (Wildman–Crippen LogP) is 2.23. The first-order valence-corrected chi connectivity index (χ1v) is 6.15.